The summed E-state index contributed by atoms with van der Waals surface area (Å²) in [5.41, 5.74) is -1.21. The fourth-order valence-electron chi connectivity index (χ4n) is 1.89. The summed E-state index contributed by atoms with van der Waals surface area (Å²) < 4.78 is 65.0. The van der Waals surface area contributed by atoms with Crippen LogP contribution < -0.4 is 4.72 Å². The predicted molar refractivity (Wildman–Crippen MR) is 72.1 cm³/mol. The van der Waals surface area contributed by atoms with E-state index in [2.05, 4.69) is 9.82 Å². The Hall–Kier alpha value is -2.03. The van der Waals surface area contributed by atoms with Gasteiger partial charge in [0.25, 0.3) is 0 Å². The summed E-state index contributed by atoms with van der Waals surface area (Å²) in [7, 11) is -2.50. The topological polar surface area (TPSA) is 64.0 Å². The summed E-state index contributed by atoms with van der Waals surface area (Å²) in [4.78, 5) is 0. The Kier molecular flexibility index (Phi) is 3.70. The van der Waals surface area contributed by atoms with Crippen LogP contribution in [0.5, 0.6) is 0 Å². The largest absolute Gasteiger partial charge is 0.435 e. The number of sulfonamides is 1. The minimum absolute atomic E-state index is 0.226. The smallest absolute Gasteiger partial charge is 0.267 e. The fourth-order valence-corrected chi connectivity index (χ4v) is 2.48. The third-order valence-electron chi connectivity index (χ3n) is 2.66. The maximum atomic E-state index is 13.1. The van der Waals surface area contributed by atoms with Gasteiger partial charge in [0.2, 0.25) is 10.0 Å². The van der Waals surface area contributed by atoms with Crippen molar-refractivity contribution in [3.63, 3.8) is 0 Å². The van der Waals surface area contributed by atoms with Gasteiger partial charge in [0.05, 0.1) is 11.8 Å². The molecule has 0 aliphatic carbocycles. The van der Waals surface area contributed by atoms with E-state index in [1.165, 1.54) is 19.2 Å². The van der Waals surface area contributed by atoms with Crippen LogP contribution in [0, 0.1) is 0 Å². The molecule has 0 fully saturated rings. The van der Waals surface area contributed by atoms with E-state index in [1.807, 2.05) is 0 Å². The summed E-state index contributed by atoms with van der Waals surface area (Å²) in [6.07, 6.45) is -3.83. The lowest BCUT2D eigenvalue weighted by atomic mass is 10.1. The number of hydrogen-bond donors (Lipinski definition) is 1. The molecule has 0 spiro atoms. The number of nitrogens with one attached hydrogen (secondary N) is 1. The van der Waals surface area contributed by atoms with E-state index in [4.69, 9.17) is 0 Å². The van der Waals surface area contributed by atoms with Crippen molar-refractivity contribution < 1.29 is 21.6 Å². The molecule has 0 saturated carbocycles. The van der Waals surface area contributed by atoms with Gasteiger partial charge in [-0.15, -0.1) is 0 Å². The van der Waals surface area contributed by atoms with Crippen LogP contribution in [0.2, 0.25) is 0 Å². The van der Waals surface area contributed by atoms with E-state index in [0.717, 1.165) is 10.9 Å². The van der Waals surface area contributed by atoms with Gasteiger partial charge in [-0.25, -0.2) is 8.42 Å². The lowest BCUT2D eigenvalue weighted by molar-refractivity contribution is -0.140. The van der Waals surface area contributed by atoms with Gasteiger partial charge in [-0.2, -0.15) is 18.3 Å². The van der Waals surface area contributed by atoms with Crippen LogP contribution in [0.3, 0.4) is 0 Å². The molecule has 2 aromatic rings. The van der Waals surface area contributed by atoms with Crippen LogP contribution in [0.1, 0.15) is 5.69 Å². The van der Waals surface area contributed by atoms with Crippen molar-refractivity contribution in [2.24, 2.45) is 7.05 Å². The van der Waals surface area contributed by atoms with Crippen molar-refractivity contribution in [3.05, 3.63) is 36.0 Å². The quantitative estimate of drug-likeness (QED) is 0.945. The highest BCUT2D eigenvalue weighted by Crippen LogP contribution is 2.40. The van der Waals surface area contributed by atoms with Gasteiger partial charge in [0.1, 0.15) is 5.82 Å². The zero-order valence-corrected chi connectivity index (χ0v) is 12.0. The number of aryl methyl sites for hydroxylation is 1. The number of halogens is 3. The molecular weight excluding hydrogens is 307 g/mol. The van der Waals surface area contributed by atoms with Crippen LogP contribution in [-0.2, 0) is 23.2 Å². The molecule has 0 aliphatic heterocycles. The SMILES string of the molecule is Cn1nc(C(F)(F)F)c(-c2ccccc2)c1NS(C)(=O)=O. The molecule has 0 amide bonds. The zero-order valence-electron chi connectivity index (χ0n) is 11.1. The average Bonchev–Trinajstić information content (AvgIpc) is 2.66. The first-order valence-electron chi connectivity index (χ1n) is 5.77. The summed E-state index contributed by atoms with van der Waals surface area (Å²) in [6.45, 7) is 0. The predicted octanol–water partition coefficient (Wildman–Crippen LogP) is 2.48. The second kappa shape index (κ2) is 5.06. The average molecular weight is 319 g/mol. The number of anilines is 1. The molecule has 0 radical (unpaired) electrons. The van der Waals surface area contributed by atoms with Crippen molar-refractivity contribution >= 4 is 15.8 Å². The number of nitrogens with zero attached hydrogens (tertiary/aromatic N) is 2. The van der Waals surface area contributed by atoms with Gasteiger partial charge in [0, 0.05) is 7.05 Å². The van der Waals surface area contributed by atoms with Crippen LogP contribution in [0.4, 0.5) is 19.0 Å². The molecule has 0 saturated heterocycles. The molecule has 0 bridgehead atoms. The van der Waals surface area contributed by atoms with Gasteiger partial charge < -0.3 is 0 Å². The van der Waals surface area contributed by atoms with E-state index in [0.29, 0.717) is 0 Å². The van der Waals surface area contributed by atoms with Gasteiger partial charge in [0.15, 0.2) is 5.69 Å². The normalized spacial score (nSPS) is 12.4. The highest BCUT2D eigenvalue weighted by molar-refractivity contribution is 7.92. The van der Waals surface area contributed by atoms with Crippen molar-refractivity contribution in [2.75, 3.05) is 11.0 Å². The summed E-state index contributed by atoms with van der Waals surface area (Å²) in [6, 6.07) is 7.69. The Labute approximate surface area is 119 Å². The molecule has 2 rings (SSSR count). The number of alkyl halides is 3. The van der Waals surface area contributed by atoms with Gasteiger partial charge in [-0.1, -0.05) is 30.3 Å². The standard InChI is InChI=1S/C12H12F3N3O2S/c1-18-11(17-21(2,19)20)9(8-6-4-3-5-7-8)10(16-18)12(13,14)15/h3-7,17H,1-2H3. The second-order valence-corrected chi connectivity index (χ2v) is 6.18. The van der Waals surface area contributed by atoms with E-state index in [-0.39, 0.29) is 16.9 Å². The Morgan fingerprint density at radius 2 is 1.76 bits per heavy atom. The van der Waals surface area contributed by atoms with Crippen molar-refractivity contribution in [3.8, 4) is 11.1 Å². The lowest BCUT2D eigenvalue weighted by Gasteiger charge is -2.10. The summed E-state index contributed by atoms with van der Waals surface area (Å²) in [5, 5.41) is 3.41. The number of aromatic nitrogens is 2. The maximum Gasteiger partial charge on any atom is 0.435 e. The summed E-state index contributed by atoms with van der Waals surface area (Å²) in [5.74, 6) is -0.226. The third-order valence-corrected chi connectivity index (χ3v) is 3.22. The number of hydrogen-bond acceptors (Lipinski definition) is 3. The highest BCUT2D eigenvalue weighted by Gasteiger charge is 2.39. The monoisotopic (exact) mass is 319 g/mol. The van der Waals surface area contributed by atoms with Crippen molar-refractivity contribution in [1.29, 1.82) is 0 Å². The van der Waals surface area contributed by atoms with Gasteiger partial charge >= 0.3 is 6.18 Å². The Bertz CT molecular complexity index is 752. The first kappa shape index (κ1) is 15.4. The fraction of sp³-hybridized carbons (Fsp3) is 0.250. The van der Waals surface area contributed by atoms with Crippen molar-refractivity contribution in [2.45, 2.75) is 6.18 Å². The van der Waals surface area contributed by atoms with Crippen LogP contribution in [-0.4, -0.2) is 24.5 Å². The maximum absolute atomic E-state index is 13.1. The molecule has 21 heavy (non-hydrogen) atoms. The van der Waals surface area contributed by atoms with Crippen LogP contribution in [0.15, 0.2) is 30.3 Å². The minimum atomic E-state index is -4.69. The molecular formula is C12H12F3N3O2S. The number of benzene rings is 1. The molecule has 9 heteroatoms. The third kappa shape index (κ3) is 3.35. The van der Waals surface area contributed by atoms with E-state index < -0.39 is 21.9 Å². The lowest BCUT2D eigenvalue weighted by Crippen LogP contribution is -2.13. The molecule has 1 heterocycles. The van der Waals surface area contributed by atoms with Gasteiger partial charge in [-0.3, -0.25) is 9.40 Å². The zero-order chi connectivity index (χ0) is 15.8. The Morgan fingerprint density at radius 1 is 1.19 bits per heavy atom. The number of rotatable bonds is 3. The van der Waals surface area contributed by atoms with E-state index in [9.17, 15) is 21.6 Å². The summed E-state index contributed by atoms with van der Waals surface area (Å²) >= 11 is 0. The Morgan fingerprint density at radius 3 is 2.24 bits per heavy atom. The highest BCUT2D eigenvalue weighted by atomic mass is 32.2. The Balaban J connectivity index is 2.74. The first-order chi connectivity index (χ1) is 9.59. The molecule has 1 aromatic heterocycles. The van der Waals surface area contributed by atoms with E-state index >= 15 is 0 Å². The molecule has 1 aromatic carbocycles. The molecule has 0 atom stereocenters. The molecule has 114 valence electrons. The van der Waals surface area contributed by atoms with Crippen LogP contribution in [0.25, 0.3) is 11.1 Å². The minimum Gasteiger partial charge on any atom is -0.267 e. The van der Waals surface area contributed by atoms with Crippen LogP contribution >= 0.6 is 0 Å². The van der Waals surface area contributed by atoms with Crippen molar-refractivity contribution in [1.82, 2.24) is 9.78 Å². The molecule has 5 nitrogen and oxygen atoms in total. The van der Waals surface area contributed by atoms with Gasteiger partial charge in [-0.05, 0) is 5.56 Å². The molecule has 0 unspecified atom stereocenters. The van der Waals surface area contributed by atoms with E-state index in [1.54, 1.807) is 18.2 Å². The first-order valence-corrected chi connectivity index (χ1v) is 7.66. The molecule has 1 N–H and O–H groups in total. The molecule has 0 aliphatic rings. The second-order valence-electron chi connectivity index (χ2n) is 4.43.